The molecule has 36 heavy (non-hydrogen) atoms. The van der Waals surface area contributed by atoms with E-state index in [1.165, 1.54) is 0 Å². The van der Waals surface area contributed by atoms with Crippen LogP contribution in [0.5, 0.6) is 0 Å². The maximum absolute atomic E-state index is 13.7. The number of fused-ring (bicyclic) bond motifs is 2. The molecular formula is C28H39F2N5O. The third-order valence-electron chi connectivity index (χ3n) is 8.63. The summed E-state index contributed by atoms with van der Waals surface area (Å²) in [5.41, 5.74) is 1.07. The van der Waals surface area contributed by atoms with Gasteiger partial charge in [0.05, 0.1) is 6.04 Å². The second kappa shape index (κ2) is 10.2. The van der Waals surface area contributed by atoms with Crippen molar-refractivity contribution in [1.29, 1.82) is 0 Å². The van der Waals surface area contributed by atoms with Crippen molar-refractivity contribution in [2.24, 2.45) is 5.92 Å². The standard InChI is InChI=1S/C28H39F2N5O/c1-18(2)26-33-32-19(3)35(26)24-15-22-9-10-23(16-24)34(22)17-25(20-7-5-4-6-8-20)31-27(36)21-11-13-28(29,30)14-12-21/h4-8,18,21-25H,9-17H2,1-3H3,(H,31,36)/t22?,23?,24?,25-/m0/s1. The molecule has 8 heteroatoms. The molecule has 3 atom stereocenters. The Bertz CT molecular complexity index is 1030. The summed E-state index contributed by atoms with van der Waals surface area (Å²) in [6.45, 7) is 7.14. The van der Waals surface area contributed by atoms with E-state index in [1.807, 2.05) is 18.2 Å². The van der Waals surface area contributed by atoms with Gasteiger partial charge in [0.25, 0.3) is 0 Å². The maximum Gasteiger partial charge on any atom is 0.248 e. The van der Waals surface area contributed by atoms with Gasteiger partial charge < -0.3 is 9.88 Å². The summed E-state index contributed by atoms with van der Waals surface area (Å²) in [4.78, 5) is 15.8. The van der Waals surface area contributed by atoms with Crippen LogP contribution in [0, 0.1) is 12.8 Å². The maximum atomic E-state index is 13.7. The van der Waals surface area contributed by atoms with Crippen LogP contribution in [-0.2, 0) is 4.79 Å². The SMILES string of the molecule is Cc1nnc(C(C)C)n1C1CC2CCC(C1)N2C[C@H](NC(=O)C1CCC(F)(F)CC1)c1ccccc1. The molecule has 3 fully saturated rings. The average Bonchev–Trinajstić information content (AvgIpc) is 3.34. The number of aromatic nitrogens is 3. The molecule has 3 aliphatic rings. The molecule has 1 saturated carbocycles. The monoisotopic (exact) mass is 499 g/mol. The highest BCUT2D eigenvalue weighted by Crippen LogP contribution is 2.43. The van der Waals surface area contributed by atoms with E-state index >= 15 is 0 Å². The van der Waals surface area contributed by atoms with Crippen molar-refractivity contribution in [2.75, 3.05) is 6.54 Å². The molecule has 2 saturated heterocycles. The van der Waals surface area contributed by atoms with Crippen molar-refractivity contribution >= 4 is 5.91 Å². The second-order valence-electron chi connectivity index (χ2n) is 11.4. The van der Waals surface area contributed by atoms with E-state index in [2.05, 4.69) is 57.9 Å². The number of nitrogens with zero attached hydrogens (tertiary/aromatic N) is 4. The van der Waals surface area contributed by atoms with E-state index in [9.17, 15) is 13.6 Å². The highest BCUT2D eigenvalue weighted by atomic mass is 19.3. The molecule has 1 aliphatic carbocycles. The second-order valence-corrected chi connectivity index (χ2v) is 11.4. The Labute approximate surface area is 212 Å². The lowest BCUT2D eigenvalue weighted by Crippen LogP contribution is -2.49. The molecule has 2 unspecified atom stereocenters. The van der Waals surface area contributed by atoms with Crippen LogP contribution in [0.3, 0.4) is 0 Å². The normalized spacial score (nSPS) is 27.3. The van der Waals surface area contributed by atoms with Crippen LogP contribution < -0.4 is 5.32 Å². The third kappa shape index (κ3) is 5.20. The number of halogens is 2. The zero-order valence-electron chi connectivity index (χ0n) is 21.7. The van der Waals surface area contributed by atoms with Gasteiger partial charge >= 0.3 is 0 Å². The van der Waals surface area contributed by atoms with Crippen LogP contribution in [0.2, 0.25) is 0 Å². The zero-order valence-corrected chi connectivity index (χ0v) is 21.7. The predicted molar refractivity (Wildman–Crippen MR) is 135 cm³/mol. The summed E-state index contributed by atoms with van der Waals surface area (Å²) in [7, 11) is 0. The van der Waals surface area contributed by atoms with Crippen LogP contribution in [-0.4, -0.2) is 50.1 Å². The first-order chi connectivity index (χ1) is 17.2. The van der Waals surface area contributed by atoms with Gasteiger partial charge in [-0.1, -0.05) is 44.2 Å². The number of carbonyl (C=O) groups is 1. The summed E-state index contributed by atoms with van der Waals surface area (Å²) >= 11 is 0. The fourth-order valence-electron chi connectivity index (χ4n) is 6.71. The Morgan fingerprint density at radius 1 is 1.03 bits per heavy atom. The summed E-state index contributed by atoms with van der Waals surface area (Å²) in [6, 6.07) is 11.3. The van der Waals surface area contributed by atoms with Gasteiger partial charge in [0.15, 0.2) is 0 Å². The number of carbonyl (C=O) groups excluding carboxylic acids is 1. The molecule has 0 radical (unpaired) electrons. The third-order valence-corrected chi connectivity index (χ3v) is 8.63. The Morgan fingerprint density at radius 3 is 2.28 bits per heavy atom. The number of aryl methyl sites for hydroxylation is 1. The lowest BCUT2D eigenvalue weighted by Gasteiger charge is -2.42. The molecule has 0 spiro atoms. The minimum atomic E-state index is -2.63. The summed E-state index contributed by atoms with van der Waals surface area (Å²) in [5.74, 6) is -0.647. The molecule has 1 N–H and O–H groups in total. The molecule has 2 bridgehead atoms. The minimum absolute atomic E-state index is 0.0803. The highest BCUT2D eigenvalue weighted by Gasteiger charge is 2.44. The first-order valence-corrected chi connectivity index (χ1v) is 13.6. The smallest absolute Gasteiger partial charge is 0.248 e. The number of amides is 1. The Hall–Kier alpha value is -2.35. The van der Waals surface area contributed by atoms with Crippen molar-refractivity contribution in [3.05, 3.63) is 47.5 Å². The first kappa shape index (κ1) is 25.3. The van der Waals surface area contributed by atoms with Gasteiger partial charge in [0.1, 0.15) is 11.6 Å². The molecular weight excluding hydrogens is 460 g/mol. The first-order valence-electron chi connectivity index (χ1n) is 13.6. The number of alkyl halides is 2. The summed E-state index contributed by atoms with van der Waals surface area (Å²) < 4.78 is 29.7. The average molecular weight is 500 g/mol. The number of benzene rings is 1. The number of piperidine rings is 1. The van der Waals surface area contributed by atoms with Crippen molar-refractivity contribution < 1.29 is 13.6 Å². The van der Waals surface area contributed by atoms with Gasteiger partial charge in [0, 0.05) is 49.3 Å². The Balaban J connectivity index is 1.30. The molecule has 1 amide bonds. The minimum Gasteiger partial charge on any atom is -0.348 e. The van der Waals surface area contributed by atoms with Gasteiger partial charge in [-0.2, -0.15) is 0 Å². The van der Waals surface area contributed by atoms with Crippen molar-refractivity contribution in [3.63, 3.8) is 0 Å². The Kier molecular flexibility index (Phi) is 7.16. The van der Waals surface area contributed by atoms with E-state index < -0.39 is 5.92 Å². The number of hydrogen-bond acceptors (Lipinski definition) is 4. The van der Waals surface area contributed by atoms with Crippen LogP contribution in [0.4, 0.5) is 8.78 Å². The van der Waals surface area contributed by atoms with E-state index in [0.29, 0.717) is 24.0 Å². The molecule has 3 heterocycles. The molecule has 5 rings (SSSR count). The fourth-order valence-corrected chi connectivity index (χ4v) is 6.71. The fraction of sp³-hybridized carbons (Fsp3) is 0.679. The molecule has 1 aromatic heterocycles. The number of hydrogen-bond donors (Lipinski definition) is 1. The van der Waals surface area contributed by atoms with E-state index in [1.54, 1.807) is 0 Å². The highest BCUT2D eigenvalue weighted by molar-refractivity contribution is 5.79. The number of nitrogens with one attached hydrogen (secondary N) is 1. The Morgan fingerprint density at radius 2 is 1.67 bits per heavy atom. The lowest BCUT2D eigenvalue weighted by molar-refractivity contribution is -0.130. The molecule has 196 valence electrons. The van der Waals surface area contributed by atoms with E-state index in [-0.39, 0.29) is 43.6 Å². The van der Waals surface area contributed by atoms with Crippen LogP contribution in [0.1, 0.15) is 100 Å². The number of rotatable bonds is 7. The quantitative estimate of drug-likeness (QED) is 0.542. The van der Waals surface area contributed by atoms with E-state index in [0.717, 1.165) is 49.4 Å². The van der Waals surface area contributed by atoms with Crippen LogP contribution in [0.15, 0.2) is 30.3 Å². The zero-order chi connectivity index (χ0) is 25.4. The predicted octanol–water partition coefficient (Wildman–Crippen LogP) is 5.56. The summed E-state index contributed by atoms with van der Waals surface area (Å²) in [5, 5.41) is 12.1. The molecule has 2 aromatic rings. The van der Waals surface area contributed by atoms with Gasteiger partial charge in [0.2, 0.25) is 11.8 Å². The lowest BCUT2D eigenvalue weighted by atomic mass is 9.86. The van der Waals surface area contributed by atoms with Crippen LogP contribution >= 0.6 is 0 Å². The van der Waals surface area contributed by atoms with E-state index in [4.69, 9.17) is 0 Å². The molecule has 2 aliphatic heterocycles. The van der Waals surface area contributed by atoms with Crippen molar-refractivity contribution in [3.8, 4) is 0 Å². The molecule has 1 aromatic carbocycles. The molecule has 6 nitrogen and oxygen atoms in total. The van der Waals surface area contributed by atoms with Gasteiger partial charge in [-0.3, -0.25) is 9.69 Å². The van der Waals surface area contributed by atoms with Crippen molar-refractivity contribution in [1.82, 2.24) is 25.0 Å². The van der Waals surface area contributed by atoms with Crippen molar-refractivity contribution in [2.45, 2.75) is 108 Å². The van der Waals surface area contributed by atoms with Gasteiger partial charge in [-0.05, 0) is 51.0 Å². The largest absolute Gasteiger partial charge is 0.348 e. The summed E-state index contributed by atoms with van der Waals surface area (Å²) in [6.07, 6.45) is 4.56. The van der Waals surface area contributed by atoms with Gasteiger partial charge in [-0.25, -0.2) is 8.78 Å². The topological polar surface area (TPSA) is 63.1 Å². The van der Waals surface area contributed by atoms with Gasteiger partial charge in [-0.15, -0.1) is 10.2 Å². The van der Waals surface area contributed by atoms with Crippen LogP contribution in [0.25, 0.3) is 0 Å².